The van der Waals surface area contributed by atoms with Gasteiger partial charge in [-0.2, -0.15) is 4.79 Å². The summed E-state index contributed by atoms with van der Waals surface area (Å²) in [4.78, 5) is 14.3. The Hall–Kier alpha value is -1.51. The maximum absolute atomic E-state index is 11.3. The van der Waals surface area contributed by atoms with Gasteiger partial charge in [-0.25, -0.2) is 0 Å². The number of rotatable bonds is 0. The molecule has 0 saturated heterocycles. The molecule has 3 nitrogen and oxygen atoms in total. The van der Waals surface area contributed by atoms with Crippen molar-refractivity contribution in [3.63, 3.8) is 0 Å². The molecule has 68 valence electrons. The van der Waals surface area contributed by atoms with Crippen molar-refractivity contribution in [2.75, 3.05) is 0 Å². The monoisotopic (exact) mass is 248 g/mol. The first-order chi connectivity index (χ1) is 6.72. The number of allylic oxidation sites excluding steroid dienone is 1. The van der Waals surface area contributed by atoms with Crippen molar-refractivity contribution in [2.24, 2.45) is 0 Å². The zero-order valence-electron chi connectivity index (χ0n) is 7.07. The summed E-state index contributed by atoms with van der Waals surface area (Å²) < 4.78 is 0.848. The molecule has 0 spiro atoms. The first kappa shape index (κ1) is 9.06. The minimum atomic E-state index is -0.280. The lowest BCUT2D eigenvalue weighted by atomic mass is 9.95. The lowest BCUT2D eigenvalue weighted by molar-refractivity contribution is -0.112. The van der Waals surface area contributed by atoms with E-state index in [9.17, 15) is 4.79 Å². The molecule has 1 aliphatic carbocycles. The fourth-order valence-electron chi connectivity index (χ4n) is 1.36. The van der Waals surface area contributed by atoms with E-state index in [1.807, 2.05) is 12.1 Å². The first-order valence-electron chi connectivity index (χ1n) is 3.97. The van der Waals surface area contributed by atoms with E-state index in [0.29, 0.717) is 5.56 Å². The van der Waals surface area contributed by atoms with Gasteiger partial charge < -0.3 is 5.53 Å². The van der Waals surface area contributed by atoms with E-state index in [4.69, 9.17) is 5.53 Å². The number of hydrogen-bond acceptors (Lipinski definition) is 1. The van der Waals surface area contributed by atoms with Gasteiger partial charge in [0.15, 0.2) is 0 Å². The predicted molar refractivity (Wildman–Crippen MR) is 55.9 cm³/mol. The average Bonchev–Trinajstić information content (AvgIpc) is 2.17. The van der Waals surface area contributed by atoms with Crippen LogP contribution < -0.4 is 0 Å². The zero-order valence-corrected chi connectivity index (χ0v) is 8.65. The van der Waals surface area contributed by atoms with Crippen LogP contribution in [-0.2, 0) is 4.79 Å². The fourth-order valence-corrected chi connectivity index (χ4v) is 1.72. The Morgan fingerprint density at radius 1 is 1.29 bits per heavy atom. The van der Waals surface area contributed by atoms with Crippen LogP contribution in [0.1, 0.15) is 11.1 Å². The van der Waals surface area contributed by atoms with Gasteiger partial charge in [-0.3, -0.25) is 4.79 Å². The van der Waals surface area contributed by atoms with E-state index < -0.39 is 0 Å². The van der Waals surface area contributed by atoms with E-state index in [1.165, 1.54) is 6.08 Å². The Kier molecular flexibility index (Phi) is 2.15. The summed E-state index contributed by atoms with van der Waals surface area (Å²) >= 11 is 3.29. The Morgan fingerprint density at radius 2 is 2.07 bits per heavy atom. The topological polar surface area (TPSA) is 53.5 Å². The molecule has 14 heavy (non-hydrogen) atoms. The molecule has 0 aromatic heterocycles. The lowest BCUT2D eigenvalue weighted by Gasteiger charge is -2.05. The van der Waals surface area contributed by atoms with Crippen LogP contribution in [-0.4, -0.2) is 16.3 Å². The van der Waals surface area contributed by atoms with Crippen LogP contribution in [0.25, 0.3) is 11.6 Å². The predicted octanol–water partition coefficient (Wildman–Crippen LogP) is 2.06. The van der Waals surface area contributed by atoms with Crippen LogP contribution >= 0.6 is 15.9 Å². The van der Waals surface area contributed by atoms with Gasteiger partial charge >= 0.3 is 5.71 Å². The molecule has 0 N–H and O–H groups in total. The molecule has 0 fully saturated rings. The van der Waals surface area contributed by atoms with Crippen molar-refractivity contribution < 1.29 is 9.58 Å². The lowest BCUT2D eigenvalue weighted by Crippen LogP contribution is -2.18. The van der Waals surface area contributed by atoms with Crippen molar-refractivity contribution in [2.45, 2.75) is 0 Å². The SMILES string of the molecule is [N-]=[N+]=C1C(=O)C=Cc2ccc(Br)cc21. The number of benzene rings is 1. The van der Waals surface area contributed by atoms with Gasteiger partial charge in [0, 0.05) is 4.47 Å². The molecule has 0 heterocycles. The highest BCUT2D eigenvalue weighted by Gasteiger charge is 2.26. The normalized spacial score (nSPS) is 13.8. The summed E-state index contributed by atoms with van der Waals surface area (Å²) in [6.45, 7) is 0. The van der Waals surface area contributed by atoms with Crippen LogP contribution in [0.3, 0.4) is 0 Å². The van der Waals surface area contributed by atoms with E-state index in [-0.39, 0.29) is 11.5 Å². The van der Waals surface area contributed by atoms with Gasteiger partial charge in [0.1, 0.15) is 0 Å². The molecule has 2 rings (SSSR count). The van der Waals surface area contributed by atoms with E-state index in [2.05, 4.69) is 20.7 Å². The highest BCUT2D eigenvalue weighted by atomic mass is 79.9. The fraction of sp³-hybridized carbons (Fsp3) is 0. The van der Waals surface area contributed by atoms with E-state index in [0.717, 1.165) is 10.0 Å². The molecular formula is C10H5BrN2O. The molecular weight excluding hydrogens is 244 g/mol. The highest BCUT2D eigenvalue weighted by Crippen LogP contribution is 2.21. The molecule has 0 radical (unpaired) electrons. The Morgan fingerprint density at radius 3 is 2.79 bits per heavy atom. The maximum Gasteiger partial charge on any atom is 0.369 e. The number of nitrogens with zero attached hydrogens (tertiary/aromatic N) is 2. The summed E-state index contributed by atoms with van der Waals surface area (Å²) in [6.07, 6.45) is 3.10. The Bertz CT molecular complexity index is 499. The van der Waals surface area contributed by atoms with Crippen molar-refractivity contribution in [1.82, 2.24) is 0 Å². The van der Waals surface area contributed by atoms with Gasteiger partial charge in [-0.05, 0) is 29.8 Å². The maximum atomic E-state index is 11.3. The smallest absolute Gasteiger partial charge is 0.361 e. The molecule has 1 aromatic rings. The standard InChI is InChI=1S/C10H5BrN2O/c11-7-3-1-6-2-4-9(14)10(13-12)8(6)5-7/h1-5H. The quantitative estimate of drug-likeness (QED) is 0.512. The third kappa shape index (κ3) is 1.35. The molecule has 0 bridgehead atoms. The van der Waals surface area contributed by atoms with E-state index >= 15 is 0 Å². The summed E-state index contributed by atoms with van der Waals surface area (Å²) in [5, 5.41) is 0. The Labute approximate surface area is 88.8 Å². The second kappa shape index (κ2) is 3.33. The van der Waals surface area contributed by atoms with Gasteiger partial charge in [0.25, 0.3) is 5.78 Å². The van der Waals surface area contributed by atoms with Gasteiger partial charge in [0.2, 0.25) is 0 Å². The molecule has 0 unspecified atom stereocenters. The second-order valence-corrected chi connectivity index (χ2v) is 3.79. The number of ketones is 1. The van der Waals surface area contributed by atoms with Crippen molar-refractivity contribution >= 4 is 33.5 Å². The second-order valence-electron chi connectivity index (χ2n) is 2.88. The number of fused-ring (bicyclic) bond motifs is 1. The number of carbonyl (C=O) groups excluding carboxylic acids is 1. The number of carbonyl (C=O) groups is 1. The summed E-state index contributed by atoms with van der Waals surface area (Å²) in [6, 6.07) is 5.48. The van der Waals surface area contributed by atoms with Crippen molar-refractivity contribution in [3.8, 4) is 0 Å². The number of hydrogen-bond donors (Lipinski definition) is 0. The van der Waals surface area contributed by atoms with Gasteiger partial charge in [-0.1, -0.05) is 22.0 Å². The summed E-state index contributed by atoms with van der Waals surface area (Å²) in [5.41, 5.74) is 10.3. The molecule has 1 aromatic carbocycles. The highest BCUT2D eigenvalue weighted by molar-refractivity contribution is 9.10. The molecule has 0 aliphatic heterocycles. The molecule has 0 saturated carbocycles. The van der Waals surface area contributed by atoms with Crippen LogP contribution in [0.5, 0.6) is 0 Å². The van der Waals surface area contributed by atoms with Crippen LogP contribution in [0.2, 0.25) is 0 Å². The molecule has 4 heteroatoms. The third-order valence-electron chi connectivity index (χ3n) is 2.02. The van der Waals surface area contributed by atoms with Crippen LogP contribution in [0.4, 0.5) is 0 Å². The molecule has 1 aliphatic rings. The Balaban J connectivity index is 2.75. The van der Waals surface area contributed by atoms with Crippen LogP contribution in [0.15, 0.2) is 28.7 Å². The zero-order chi connectivity index (χ0) is 10.1. The minimum absolute atomic E-state index is 0.0869. The minimum Gasteiger partial charge on any atom is -0.361 e. The molecule has 0 atom stereocenters. The third-order valence-corrected chi connectivity index (χ3v) is 2.51. The van der Waals surface area contributed by atoms with Crippen LogP contribution in [0, 0.1) is 0 Å². The van der Waals surface area contributed by atoms with Crippen molar-refractivity contribution in [1.29, 1.82) is 0 Å². The van der Waals surface area contributed by atoms with Crippen molar-refractivity contribution in [3.05, 3.63) is 45.4 Å². The van der Waals surface area contributed by atoms with E-state index in [1.54, 1.807) is 12.1 Å². The summed E-state index contributed by atoms with van der Waals surface area (Å²) in [7, 11) is 0. The molecule has 0 amide bonds. The van der Waals surface area contributed by atoms with Gasteiger partial charge in [0.05, 0.1) is 5.56 Å². The summed E-state index contributed by atoms with van der Waals surface area (Å²) in [5.74, 6) is -0.280. The average molecular weight is 249 g/mol. The number of halogens is 1. The van der Waals surface area contributed by atoms with Gasteiger partial charge in [-0.15, -0.1) is 0 Å². The largest absolute Gasteiger partial charge is 0.369 e. The first-order valence-corrected chi connectivity index (χ1v) is 4.76.